The molecule has 0 saturated heterocycles. The number of rotatable bonds is 8. The van der Waals surface area contributed by atoms with E-state index in [1.54, 1.807) is 20.8 Å². The van der Waals surface area contributed by atoms with Crippen LogP contribution in [0.4, 0.5) is 8.78 Å². The molecule has 0 fully saturated rings. The van der Waals surface area contributed by atoms with Crippen molar-refractivity contribution < 1.29 is 27.8 Å². The average molecular weight is 386 g/mol. The molecule has 1 atom stereocenters. The summed E-state index contributed by atoms with van der Waals surface area (Å²) in [6, 6.07) is 3.03. The number of benzene rings is 1. The molecule has 0 aromatic heterocycles. The van der Waals surface area contributed by atoms with E-state index in [9.17, 15) is 18.4 Å². The van der Waals surface area contributed by atoms with Crippen LogP contribution in [0.15, 0.2) is 18.2 Å². The summed E-state index contributed by atoms with van der Waals surface area (Å²) < 4.78 is 37.0. The Bertz CT molecular complexity index is 660. The fourth-order valence-corrected chi connectivity index (χ4v) is 2.18. The Kier molecular flexibility index (Phi) is 8.15. The maximum atomic E-state index is 13.3. The van der Waals surface area contributed by atoms with Gasteiger partial charge in [-0.05, 0) is 53.9 Å². The Morgan fingerprint density at radius 2 is 1.74 bits per heavy atom. The third kappa shape index (κ3) is 8.34. The second-order valence-corrected chi connectivity index (χ2v) is 7.49. The molecule has 27 heavy (non-hydrogen) atoms. The van der Waals surface area contributed by atoms with Gasteiger partial charge in [0.25, 0.3) is 5.91 Å². The van der Waals surface area contributed by atoms with E-state index in [1.165, 1.54) is 17.9 Å². The van der Waals surface area contributed by atoms with Crippen LogP contribution in [0.3, 0.4) is 0 Å². The lowest BCUT2D eigenvalue weighted by Crippen LogP contribution is -2.46. The van der Waals surface area contributed by atoms with E-state index in [2.05, 4.69) is 0 Å². The Morgan fingerprint density at radius 3 is 2.26 bits per heavy atom. The highest BCUT2D eigenvalue weighted by Gasteiger charge is 2.26. The minimum atomic E-state index is -1.06. The van der Waals surface area contributed by atoms with Crippen LogP contribution in [0.25, 0.3) is 0 Å². The van der Waals surface area contributed by atoms with Crippen molar-refractivity contribution in [3.05, 3.63) is 29.8 Å². The van der Waals surface area contributed by atoms with Crippen LogP contribution < -0.4 is 4.74 Å². The standard InChI is InChI=1S/C19H28F2N2O4/c1-13(26-14-7-8-15(20)16(21)11-14)18(25)23(10-9-22(5)6)12-17(24)27-19(2,3)4/h7-8,11,13H,9-10,12H2,1-6H3. The Hall–Kier alpha value is -2.22. The molecule has 1 aromatic carbocycles. The highest BCUT2D eigenvalue weighted by atomic mass is 19.2. The molecule has 0 aliphatic carbocycles. The van der Waals surface area contributed by atoms with E-state index in [4.69, 9.17) is 9.47 Å². The largest absolute Gasteiger partial charge is 0.481 e. The summed E-state index contributed by atoms with van der Waals surface area (Å²) in [5, 5.41) is 0. The van der Waals surface area contributed by atoms with Crippen LogP contribution in [0, 0.1) is 11.6 Å². The highest BCUT2D eigenvalue weighted by molar-refractivity contribution is 5.85. The number of esters is 1. The molecule has 0 radical (unpaired) electrons. The van der Waals surface area contributed by atoms with Gasteiger partial charge < -0.3 is 19.3 Å². The van der Waals surface area contributed by atoms with Crippen LogP contribution in [-0.2, 0) is 14.3 Å². The predicted octanol–water partition coefficient (Wildman–Crippen LogP) is 2.46. The molecule has 1 aromatic rings. The van der Waals surface area contributed by atoms with Gasteiger partial charge in [-0.25, -0.2) is 8.78 Å². The Balaban J connectivity index is 2.83. The number of hydrogen-bond acceptors (Lipinski definition) is 5. The molecular weight excluding hydrogens is 358 g/mol. The number of amides is 1. The van der Waals surface area contributed by atoms with Crippen molar-refractivity contribution in [2.75, 3.05) is 33.7 Å². The molecule has 1 unspecified atom stereocenters. The maximum Gasteiger partial charge on any atom is 0.326 e. The maximum absolute atomic E-state index is 13.3. The second-order valence-electron chi connectivity index (χ2n) is 7.49. The minimum absolute atomic E-state index is 0.0274. The fraction of sp³-hybridized carbons (Fsp3) is 0.579. The molecule has 1 amide bonds. The fourth-order valence-electron chi connectivity index (χ4n) is 2.18. The summed E-state index contributed by atoms with van der Waals surface area (Å²) in [6.07, 6.45) is -0.987. The van der Waals surface area contributed by atoms with E-state index in [-0.39, 0.29) is 18.8 Å². The zero-order valence-corrected chi connectivity index (χ0v) is 16.7. The normalized spacial score (nSPS) is 12.6. The molecular formula is C19H28F2N2O4. The molecule has 0 saturated carbocycles. The second kappa shape index (κ2) is 9.64. The van der Waals surface area contributed by atoms with Gasteiger partial charge in [0.05, 0.1) is 0 Å². The number of carbonyl (C=O) groups is 2. The zero-order valence-electron chi connectivity index (χ0n) is 16.7. The quantitative estimate of drug-likeness (QED) is 0.643. The molecule has 0 aliphatic heterocycles. The van der Waals surface area contributed by atoms with Crippen molar-refractivity contribution >= 4 is 11.9 Å². The molecule has 152 valence electrons. The van der Waals surface area contributed by atoms with Crippen molar-refractivity contribution in [1.82, 2.24) is 9.80 Å². The molecule has 0 bridgehead atoms. The summed E-state index contributed by atoms with van der Waals surface area (Å²) >= 11 is 0. The summed E-state index contributed by atoms with van der Waals surface area (Å²) in [5.41, 5.74) is -0.666. The summed E-state index contributed by atoms with van der Waals surface area (Å²) in [6.45, 7) is 7.31. The monoisotopic (exact) mass is 386 g/mol. The summed E-state index contributed by atoms with van der Waals surface area (Å²) in [5.74, 6) is -3.02. The number of nitrogens with zero attached hydrogens (tertiary/aromatic N) is 2. The smallest absolute Gasteiger partial charge is 0.326 e. The number of carbonyl (C=O) groups excluding carboxylic acids is 2. The third-order valence-electron chi connectivity index (χ3n) is 3.42. The highest BCUT2D eigenvalue weighted by Crippen LogP contribution is 2.17. The predicted molar refractivity (Wildman–Crippen MR) is 97.4 cm³/mol. The van der Waals surface area contributed by atoms with Crippen molar-refractivity contribution in [3.63, 3.8) is 0 Å². The first-order chi connectivity index (χ1) is 12.4. The van der Waals surface area contributed by atoms with Crippen LogP contribution in [-0.4, -0.2) is 67.1 Å². The first kappa shape index (κ1) is 22.8. The van der Waals surface area contributed by atoms with E-state index in [0.29, 0.717) is 6.54 Å². The lowest BCUT2D eigenvalue weighted by Gasteiger charge is -2.28. The van der Waals surface area contributed by atoms with Crippen LogP contribution >= 0.6 is 0 Å². The van der Waals surface area contributed by atoms with Gasteiger partial charge in [0.1, 0.15) is 17.9 Å². The van der Waals surface area contributed by atoms with Gasteiger partial charge in [-0.3, -0.25) is 9.59 Å². The van der Waals surface area contributed by atoms with Crippen LogP contribution in [0.1, 0.15) is 27.7 Å². The number of halogens is 2. The van der Waals surface area contributed by atoms with Gasteiger partial charge in [-0.2, -0.15) is 0 Å². The SMILES string of the molecule is CC(Oc1ccc(F)c(F)c1)C(=O)N(CCN(C)C)CC(=O)OC(C)(C)C. The van der Waals surface area contributed by atoms with Gasteiger partial charge in [0, 0.05) is 19.2 Å². The first-order valence-electron chi connectivity index (χ1n) is 8.66. The molecule has 0 heterocycles. The van der Waals surface area contributed by atoms with E-state index >= 15 is 0 Å². The number of ether oxygens (including phenoxy) is 2. The number of likely N-dealkylation sites (N-methyl/N-ethyl adjacent to an activating group) is 1. The molecule has 0 N–H and O–H groups in total. The number of hydrogen-bond donors (Lipinski definition) is 0. The molecule has 6 nitrogen and oxygen atoms in total. The van der Waals surface area contributed by atoms with Crippen molar-refractivity contribution in [1.29, 1.82) is 0 Å². The third-order valence-corrected chi connectivity index (χ3v) is 3.42. The van der Waals surface area contributed by atoms with Crippen molar-refractivity contribution in [3.8, 4) is 5.75 Å². The van der Waals surface area contributed by atoms with E-state index < -0.39 is 35.2 Å². The average Bonchev–Trinajstić information content (AvgIpc) is 2.52. The summed E-state index contributed by atoms with van der Waals surface area (Å²) in [4.78, 5) is 28.0. The Labute approximate surface area is 159 Å². The first-order valence-corrected chi connectivity index (χ1v) is 8.66. The molecule has 8 heteroatoms. The molecule has 0 spiro atoms. The van der Waals surface area contributed by atoms with Crippen molar-refractivity contribution in [2.45, 2.75) is 39.4 Å². The van der Waals surface area contributed by atoms with Gasteiger partial charge in [0.2, 0.25) is 0 Å². The zero-order chi connectivity index (χ0) is 20.8. The lowest BCUT2D eigenvalue weighted by molar-refractivity contribution is -0.160. The van der Waals surface area contributed by atoms with Gasteiger partial charge in [-0.15, -0.1) is 0 Å². The lowest BCUT2D eigenvalue weighted by atomic mass is 10.2. The summed E-state index contributed by atoms with van der Waals surface area (Å²) in [7, 11) is 3.69. The molecule has 1 rings (SSSR count). The van der Waals surface area contributed by atoms with Crippen LogP contribution in [0.5, 0.6) is 5.75 Å². The Morgan fingerprint density at radius 1 is 1.11 bits per heavy atom. The molecule has 0 aliphatic rings. The minimum Gasteiger partial charge on any atom is -0.481 e. The van der Waals surface area contributed by atoms with Crippen molar-refractivity contribution in [2.24, 2.45) is 0 Å². The van der Waals surface area contributed by atoms with Gasteiger partial charge >= 0.3 is 5.97 Å². The van der Waals surface area contributed by atoms with E-state index in [0.717, 1.165) is 12.1 Å². The van der Waals surface area contributed by atoms with E-state index in [1.807, 2.05) is 19.0 Å². The van der Waals surface area contributed by atoms with Gasteiger partial charge in [0.15, 0.2) is 17.7 Å². The van der Waals surface area contributed by atoms with Gasteiger partial charge in [-0.1, -0.05) is 0 Å². The van der Waals surface area contributed by atoms with Crippen LogP contribution in [0.2, 0.25) is 0 Å². The topological polar surface area (TPSA) is 59.1 Å².